The first-order valence-corrected chi connectivity index (χ1v) is 8.26. The molecule has 1 rings (SSSR count). The highest BCUT2D eigenvalue weighted by Crippen LogP contribution is 2.24. The van der Waals surface area contributed by atoms with Crippen molar-refractivity contribution in [1.82, 2.24) is 10.2 Å². The van der Waals surface area contributed by atoms with Crippen molar-refractivity contribution in [3.05, 3.63) is 0 Å². The Morgan fingerprint density at radius 1 is 1.43 bits per heavy atom. The highest BCUT2D eigenvalue weighted by Gasteiger charge is 2.30. The summed E-state index contributed by atoms with van der Waals surface area (Å²) < 4.78 is 0. The summed E-state index contributed by atoms with van der Waals surface area (Å²) in [5, 5.41) is 3.04. The molecule has 0 spiro atoms. The first-order valence-electron chi connectivity index (χ1n) is 8.26. The van der Waals surface area contributed by atoms with E-state index in [-0.39, 0.29) is 5.91 Å². The van der Waals surface area contributed by atoms with Crippen LogP contribution in [0.15, 0.2) is 0 Å². The van der Waals surface area contributed by atoms with E-state index in [2.05, 4.69) is 23.1 Å². The Bertz CT molecular complexity index is 371. The third kappa shape index (κ3) is 4.72. The van der Waals surface area contributed by atoms with Crippen molar-refractivity contribution in [3.8, 4) is 12.3 Å². The first-order chi connectivity index (χ1) is 10.0. The van der Waals surface area contributed by atoms with E-state index in [9.17, 15) is 4.79 Å². The van der Waals surface area contributed by atoms with Crippen molar-refractivity contribution in [2.75, 3.05) is 19.6 Å². The van der Waals surface area contributed by atoms with Gasteiger partial charge in [0, 0.05) is 12.6 Å². The Hall–Kier alpha value is -1.05. The number of amides is 1. The number of hydrogen-bond acceptors (Lipinski definition) is 3. The van der Waals surface area contributed by atoms with Crippen LogP contribution in [-0.2, 0) is 4.79 Å². The second kappa shape index (κ2) is 8.41. The zero-order valence-corrected chi connectivity index (χ0v) is 13.8. The van der Waals surface area contributed by atoms with Gasteiger partial charge in [0.15, 0.2) is 0 Å². The van der Waals surface area contributed by atoms with Crippen LogP contribution in [0.1, 0.15) is 52.9 Å². The average molecular weight is 293 g/mol. The van der Waals surface area contributed by atoms with Crippen molar-refractivity contribution in [1.29, 1.82) is 0 Å². The van der Waals surface area contributed by atoms with Crippen LogP contribution in [0.5, 0.6) is 0 Å². The van der Waals surface area contributed by atoms with Crippen molar-refractivity contribution in [2.24, 2.45) is 11.7 Å². The molecule has 0 aromatic carbocycles. The van der Waals surface area contributed by atoms with Gasteiger partial charge in [0.25, 0.3) is 0 Å². The lowest BCUT2D eigenvalue weighted by Gasteiger charge is -2.39. The highest BCUT2D eigenvalue weighted by molar-refractivity contribution is 5.79. The van der Waals surface area contributed by atoms with E-state index in [0.717, 1.165) is 38.1 Å². The molecule has 0 bridgehead atoms. The summed E-state index contributed by atoms with van der Waals surface area (Å²) in [6.07, 6.45) is 10.6. The number of rotatable bonds is 7. The fourth-order valence-corrected chi connectivity index (χ4v) is 3.16. The van der Waals surface area contributed by atoms with Crippen LogP contribution in [0, 0.1) is 18.3 Å². The van der Waals surface area contributed by atoms with E-state index in [1.807, 2.05) is 13.8 Å². The SMILES string of the molecule is C#CC(CC)(CC)NC(=O)CN1CCC(CC)CC1CN. The molecule has 0 aromatic heterocycles. The Labute approximate surface area is 129 Å². The normalized spacial score (nSPS) is 23.6. The monoisotopic (exact) mass is 293 g/mol. The zero-order chi connectivity index (χ0) is 15.9. The fourth-order valence-electron chi connectivity index (χ4n) is 3.16. The van der Waals surface area contributed by atoms with Crippen molar-refractivity contribution >= 4 is 5.91 Å². The second-order valence-corrected chi connectivity index (χ2v) is 6.14. The molecule has 4 nitrogen and oxygen atoms in total. The minimum Gasteiger partial charge on any atom is -0.339 e. The molecule has 2 atom stereocenters. The number of carbonyl (C=O) groups is 1. The quantitative estimate of drug-likeness (QED) is 0.703. The number of terminal acetylenes is 1. The molecule has 1 amide bonds. The lowest BCUT2D eigenvalue weighted by molar-refractivity contribution is -0.124. The van der Waals surface area contributed by atoms with E-state index in [4.69, 9.17) is 12.2 Å². The highest BCUT2D eigenvalue weighted by atomic mass is 16.2. The maximum absolute atomic E-state index is 12.3. The summed E-state index contributed by atoms with van der Waals surface area (Å²) in [5.41, 5.74) is 5.38. The molecule has 1 saturated heterocycles. The standard InChI is InChI=1S/C17H31N3O/c1-5-14-9-10-20(15(11-14)12-18)13-16(21)19-17(6-2,7-3)8-4/h2,14-15H,5,7-13,18H2,1,3-4H3,(H,19,21). The van der Waals surface area contributed by atoms with E-state index < -0.39 is 5.54 Å². The maximum Gasteiger partial charge on any atom is 0.235 e. The van der Waals surface area contributed by atoms with Crippen LogP contribution in [-0.4, -0.2) is 42.0 Å². The molecule has 0 aliphatic carbocycles. The average Bonchev–Trinajstić information content (AvgIpc) is 2.53. The van der Waals surface area contributed by atoms with Gasteiger partial charge < -0.3 is 11.1 Å². The van der Waals surface area contributed by atoms with Crippen molar-refractivity contribution in [2.45, 2.75) is 64.5 Å². The summed E-state index contributed by atoms with van der Waals surface area (Å²) >= 11 is 0. The van der Waals surface area contributed by atoms with Crippen LogP contribution in [0.4, 0.5) is 0 Å². The summed E-state index contributed by atoms with van der Waals surface area (Å²) in [5.74, 6) is 3.51. The zero-order valence-electron chi connectivity index (χ0n) is 13.8. The van der Waals surface area contributed by atoms with Gasteiger partial charge in [0.2, 0.25) is 5.91 Å². The van der Waals surface area contributed by atoms with E-state index >= 15 is 0 Å². The van der Waals surface area contributed by atoms with Gasteiger partial charge in [0.05, 0.1) is 6.54 Å². The second-order valence-electron chi connectivity index (χ2n) is 6.14. The van der Waals surface area contributed by atoms with E-state index in [1.54, 1.807) is 0 Å². The third-order valence-electron chi connectivity index (χ3n) is 5.00. The van der Waals surface area contributed by atoms with Gasteiger partial charge in [-0.1, -0.05) is 33.1 Å². The summed E-state index contributed by atoms with van der Waals surface area (Å²) in [7, 11) is 0. The van der Waals surface area contributed by atoms with Crippen LogP contribution in [0.2, 0.25) is 0 Å². The largest absolute Gasteiger partial charge is 0.339 e. The minimum absolute atomic E-state index is 0.0186. The molecule has 0 saturated carbocycles. The molecule has 1 aliphatic rings. The lowest BCUT2D eigenvalue weighted by Crippen LogP contribution is -2.54. The van der Waals surface area contributed by atoms with Crippen LogP contribution < -0.4 is 11.1 Å². The van der Waals surface area contributed by atoms with Gasteiger partial charge >= 0.3 is 0 Å². The van der Waals surface area contributed by atoms with E-state index in [0.29, 0.717) is 19.1 Å². The Kier molecular flexibility index (Phi) is 7.21. The Morgan fingerprint density at radius 2 is 2.10 bits per heavy atom. The number of nitrogens with two attached hydrogens (primary N) is 1. The smallest absolute Gasteiger partial charge is 0.235 e. The van der Waals surface area contributed by atoms with Crippen molar-refractivity contribution in [3.63, 3.8) is 0 Å². The minimum atomic E-state index is -0.503. The number of nitrogens with one attached hydrogen (secondary N) is 1. The summed E-state index contributed by atoms with van der Waals surface area (Å²) in [6.45, 7) is 8.23. The molecule has 2 unspecified atom stereocenters. The number of likely N-dealkylation sites (tertiary alicyclic amines) is 1. The molecular weight excluding hydrogens is 262 g/mol. The van der Waals surface area contributed by atoms with Gasteiger partial charge in [-0.2, -0.15) is 0 Å². The number of hydrogen-bond donors (Lipinski definition) is 2. The van der Waals surface area contributed by atoms with Crippen molar-refractivity contribution < 1.29 is 4.79 Å². The first kappa shape index (κ1) is 18.0. The van der Waals surface area contributed by atoms with E-state index in [1.165, 1.54) is 6.42 Å². The number of piperidine rings is 1. The topological polar surface area (TPSA) is 58.4 Å². The molecule has 0 aromatic rings. The van der Waals surface area contributed by atoms with Gasteiger partial charge in [-0.05, 0) is 38.1 Å². The van der Waals surface area contributed by atoms with Gasteiger partial charge in [-0.15, -0.1) is 6.42 Å². The predicted molar refractivity (Wildman–Crippen MR) is 87.7 cm³/mol. The van der Waals surface area contributed by atoms with Gasteiger partial charge in [0.1, 0.15) is 5.54 Å². The predicted octanol–water partition coefficient (Wildman–Crippen LogP) is 1.74. The molecule has 4 heteroatoms. The summed E-state index contributed by atoms with van der Waals surface area (Å²) in [6, 6.07) is 0.318. The molecule has 3 N–H and O–H groups in total. The van der Waals surface area contributed by atoms with Gasteiger partial charge in [-0.3, -0.25) is 9.69 Å². The molecule has 1 heterocycles. The molecule has 1 aliphatic heterocycles. The lowest BCUT2D eigenvalue weighted by atomic mass is 9.89. The Balaban J connectivity index is 2.60. The molecule has 21 heavy (non-hydrogen) atoms. The molecule has 0 radical (unpaired) electrons. The number of nitrogens with zero attached hydrogens (tertiary/aromatic N) is 1. The maximum atomic E-state index is 12.3. The van der Waals surface area contributed by atoms with Crippen LogP contribution in [0.25, 0.3) is 0 Å². The van der Waals surface area contributed by atoms with Crippen LogP contribution >= 0.6 is 0 Å². The molecular formula is C17H31N3O. The number of carbonyl (C=O) groups excluding carboxylic acids is 1. The molecule has 120 valence electrons. The van der Waals surface area contributed by atoms with Gasteiger partial charge in [-0.25, -0.2) is 0 Å². The fraction of sp³-hybridized carbons (Fsp3) is 0.824. The summed E-state index contributed by atoms with van der Waals surface area (Å²) in [4.78, 5) is 14.5. The molecule has 1 fully saturated rings. The third-order valence-corrected chi connectivity index (χ3v) is 5.00. The Morgan fingerprint density at radius 3 is 2.57 bits per heavy atom. The van der Waals surface area contributed by atoms with Crippen LogP contribution in [0.3, 0.4) is 0 Å².